The Hall–Kier alpha value is -1.32. The zero-order valence-corrected chi connectivity index (χ0v) is 8.35. The predicted molar refractivity (Wildman–Crippen MR) is 54.3 cm³/mol. The summed E-state index contributed by atoms with van der Waals surface area (Å²) in [5.74, 6) is 1.56. The van der Waals surface area contributed by atoms with E-state index in [-0.39, 0.29) is 5.75 Å². The molecule has 2 rings (SSSR count). The first kappa shape index (κ1) is 9.24. The van der Waals surface area contributed by atoms with Gasteiger partial charge in [-0.05, 0) is 18.8 Å². The molecule has 0 unspecified atom stereocenters. The molecular weight excluding hydrogens is 178 g/mol. The number of nitrogens with zero attached hydrogens (tertiary/aromatic N) is 3. The summed E-state index contributed by atoms with van der Waals surface area (Å²) in [6, 6.07) is 0. The third-order valence-corrected chi connectivity index (χ3v) is 2.56. The van der Waals surface area contributed by atoms with Crippen molar-refractivity contribution in [3.8, 4) is 5.75 Å². The molecule has 2 heterocycles. The Balaban J connectivity index is 2.10. The molecule has 1 aromatic rings. The van der Waals surface area contributed by atoms with Crippen molar-refractivity contribution in [2.45, 2.75) is 19.8 Å². The van der Waals surface area contributed by atoms with Crippen LogP contribution < -0.4 is 4.90 Å². The van der Waals surface area contributed by atoms with Gasteiger partial charge in [-0.25, -0.2) is 9.97 Å². The van der Waals surface area contributed by atoms with Gasteiger partial charge in [0.2, 0.25) is 5.95 Å². The van der Waals surface area contributed by atoms with Crippen molar-refractivity contribution in [3.63, 3.8) is 0 Å². The first-order valence-electron chi connectivity index (χ1n) is 5.01. The van der Waals surface area contributed by atoms with Gasteiger partial charge in [0, 0.05) is 13.1 Å². The standard InChI is InChI=1S/C10H15N3O/c1-8-3-2-4-13(7-8)10-11-5-9(14)6-12-10/h5-6,8,14H,2-4,7H2,1H3/t8-/m0/s1. The van der Waals surface area contributed by atoms with E-state index in [4.69, 9.17) is 5.11 Å². The predicted octanol–water partition coefficient (Wildman–Crippen LogP) is 1.42. The van der Waals surface area contributed by atoms with Crippen LogP contribution in [0.15, 0.2) is 12.4 Å². The first-order valence-corrected chi connectivity index (χ1v) is 5.01. The number of aromatic nitrogens is 2. The fourth-order valence-electron chi connectivity index (χ4n) is 1.85. The fourth-order valence-corrected chi connectivity index (χ4v) is 1.85. The van der Waals surface area contributed by atoms with Crippen molar-refractivity contribution in [2.24, 2.45) is 5.92 Å². The molecule has 1 aromatic heterocycles. The quantitative estimate of drug-likeness (QED) is 0.732. The molecule has 4 nitrogen and oxygen atoms in total. The Morgan fingerprint density at radius 3 is 2.79 bits per heavy atom. The minimum atomic E-state index is 0.124. The van der Waals surface area contributed by atoms with E-state index in [0.29, 0.717) is 5.92 Å². The van der Waals surface area contributed by atoms with Crippen LogP contribution in [0.3, 0.4) is 0 Å². The molecule has 1 aliphatic heterocycles. The summed E-state index contributed by atoms with van der Waals surface area (Å²) in [7, 11) is 0. The molecule has 76 valence electrons. The molecule has 1 aliphatic rings. The van der Waals surface area contributed by atoms with Crippen LogP contribution in [-0.2, 0) is 0 Å². The van der Waals surface area contributed by atoms with Gasteiger partial charge in [-0.2, -0.15) is 0 Å². The van der Waals surface area contributed by atoms with Crippen LogP contribution >= 0.6 is 0 Å². The van der Waals surface area contributed by atoms with Gasteiger partial charge in [-0.3, -0.25) is 0 Å². The van der Waals surface area contributed by atoms with Gasteiger partial charge in [-0.1, -0.05) is 6.92 Å². The van der Waals surface area contributed by atoms with Crippen molar-refractivity contribution < 1.29 is 5.11 Å². The highest BCUT2D eigenvalue weighted by Crippen LogP contribution is 2.19. The van der Waals surface area contributed by atoms with E-state index in [1.165, 1.54) is 25.2 Å². The van der Waals surface area contributed by atoms with Gasteiger partial charge in [0.05, 0.1) is 12.4 Å². The highest BCUT2D eigenvalue weighted by atomic mass is 16.3. The van der Waals surface area contributed by atoms with Crippen molar-refractivity contribution in [2.75, 3.05) is 18.0 Å². The Morgan fingerprint density at radius 2 is 2.14 bits per heavy atom. The van der Waals surface area contributed by atoms with Crippen LogP contribution in [0, 0.1) is 5.92 Å². The Morgan fingerprint density at radius 1 is 1.43 bits per heavy atom. The Labute approximate surface area is 83.6 Å². The third-order valence-electron chi connectivity index (χ3n) is 2.56. The van der Waals surface area contributed by atoms with E-state index in [1.54, 1.807) is 0 Å². The highest BCUT2D eigenvalue weighted by molar-refractivity contribution is 5.31. The van der Waals surface area contributed by atoms with Crippen molar-refractivity contribution in [3.05, 3.63) is 12.4 Å². The van der Waals surface area contributed by atoms with E-state index in [0.717, 1.165) is 19.0 Å². The summed E-state index contributed by atoms with van der Waals surface area (Å²) in [5.41, 5.74) is 0. The molecule has 1 N–H and O–H groups in total. The van der Waals surface area contributed by atoms with Gasteiger partial charge >= 0.3 is 0 Å². The van der Waals surface area contributed by atoms with E-state index in [1.807, 2.05) is 0 Å². The number of anilines is 1. The van der Waals surface area contributed by atoms with E-state index < -0.39 is 0 Å². The molecule has 0 bridgehead atoms. The number of hydrogen-bond acceptors (Lipinski definition) is 4. The topological polar surface area (TPSA) is 49.2 Å². The normalized spacial score (nSPS) is 22.4. The monoisotopic (exact) mass is 193 g/mol. The van der Waals surface area contributed by atoms with Gasteiger partial charge < -0.3 is 10.0 Å². The summed E-state index contributed by atoms with van der Waals surface area (Å²) in [5, 5.41) is 9.06. The average Bonchev–Trinajstić information content (AvgIpc) is 2.19. The van der Waals surface area contributed by atoms with Gasteiger partial charge in [0.25, 0.3) is 0 Å². The zero-order chi connectivity index (χ0) is 9.97. The molecule has 0 spiro atoms. The molecule has 14 heavy (non-hydrogen) atoms. The number of rotatable bonds is 1. The zero-order valence-electron chi connectivity index (χ0n) is 8.35. The van der Waals surface area contributed by atoms with E-state index in [9.17, 15) is 0 Å². The van der Waals surface area contributed by atoms with Crippen molar-refractivity contribution in [1.82, 2.24) is 9.97 Å². The Kier molecular flexibility index (Phi) is 2.52. The lowest BCUT2D eigenvalue weighted by atomic mass is 10.0. The maximum Gasteiger partial charge on any atom is 0.225 e. The van der Waals surface area contributed by atoms with Crippen LogP contribution in [0.25, 0.3) is 0 Å². The minimum Gasteiger partial charge on any atom is -0.505 e. The summed E-state index contributed by atoms with van der Waals surface area (Å²) in [6.45, 7) is 4.28. The number of aromatic hydroxyl groups is 1. The third kappa shape index (κ3) is 1.95. The number of piperidine rings is 1. The fraction of sp³-hybridized carbons (Fsp3) is 0.600. The summed E-state index contributed by atoms with van der Waals surface area (Å²) in [6.07, 6.45) is 5.38. The summed E-state index contributed by atoms with van der Waals surface area (Å²) in [4.78, 5) is 10.4. The molecule has 0 aliphatic carbocycles. The molecule has 1 atom stereocenters. The lowest BCUT2D eigenvalue weighted by molar-refractivity contribution is 0.439. The molecule has 0 amide bonds. The summed E-state index contributed by atoms with van der Waals surface area (Å²) >= 11 is 0. The van der Waals surface area contributed by atoms with Crippen LogP contribution in [0.5, 0.6) is 5.75 Å². The SMILES string of the molecule is C[C@H]1CCCN(c2ncc(O)cn2)C1. The maximum atomic E-state index is 9.06. The molecule has 1 fully saturated rings. The average molecular weight is 193 g/mol. The van der Waals surface area contributed by atoms with Crippen molar-refractivity contribution in [1.29, 1.82) is 0 Å². The molecule has 4 heteroatoms. The van der Waals surface area contributed by atoms with Gasteiger partial charge in [0.15, 0.2) is 5.75 Å². The second kappa shape index (κ2) is 3.82. The van der Waals surface area contributed by atoms with Gasteiger partial charge in [-0.15, -0.1) is 0 Å². The van der Waals surface area contributed by atoms with Crippen LogP contribution in [0.4, 0.5) is 5.95 Å². The molecular formula is C10H15N3O. The maximum absolute atomic E-state index is 9.06. The molecule has 0 aromatic carbocycles. The lowest BCUT2D eigenvalue weighted by Gasteiger charge is -2.30. The van der Waals surface area contributed by atoms with Crippen LogP contribution in [0.2, 0.25) is 0 Å². The summed E-state index contributed by atoms with van der Waals surface area (Å²) < 4.78 is 0. The lowest BCUT2D eigenvalue weighted by Crippen LogP contribution is -2.35. The first-order chi connectivity index (χ1) is 6.75. The Bertz CT molecular complexity index is 299. The largest absolute Gasteiger partial charge is 0.505 e. The van der Waals surface area contributed by atoms with Crippen molar-refractivity contribution >= 4 is 5.95 Å². The number of hydrogen-bond donors (Lipinski definition) is 1. The van der Waals surface area contributed by atoms with Crippen LogP contribution in [-0.4, -0.2) is 28.2 Å². The minimum absolute atomic E-state index is 0.124. The smallest absolute Gasteiger partial charge is 0.225 e. The second-order valence-corrected chi connectivity index (χ2v) is 3.93. The molecule has 0 radical (unpaired) electrons. The van der Waals surface area contributed by atoms with Crippen LogP contribution in [0.1, 0.15) is 19.8 Å². The van der Waals surface area contributed by atoms with E-state index in [2.05, 4.69) is 21.8 Å². The highest BCUT2D eigenvalue weighted by Gasteiger charge is 2.18. The second-order valence-electron chi connectivity index (χ2n) is 3.93. The van der Waals surface area contributed by atoms with E-state index >= 15 is 0 Å². The molecule has 0 saturated carbocycles. The molecule has 1 saturated heterocycles. The van der Waals surface area contributed by atoms with Gasteiger partial charge in [0.1, 0.15) is 0 Å².